The maximum Gasteiger partial charge on any atom is 0.243 e. The van der Waals surface area contributed by atoms with Crippen LogP contribution in [0.4, 0.5) is 0 Å². The molecule has 7 nitrogen and oxygen atoms in total. The van der Waals surface area contributed by atoms with Crippen LogP contribution in [0.15, 0.2) is 4.52 Å². The maximum absolute atomic E-state index is 12.4. The first kappa shape index (κ1) is 16.7. The molecule has 0 aromatic carbocycles. The number of thioether (sulfide) groups is 1. The normalized spacial score (nSPS) is 24.6. The van der Waals surface area contributed by atoms with Crippen molar-refractivity contribution in [2.45, 2.75) is 32.4 Å². The van der Waals surface area contributed by atoms with E-state index in [1.54, 1.807) is 0 Å². The van der Waals surface area contributed by atoms with Crippen molar-refractivity contribution in [1.29, 1.82) is 0 Å². The molecule has 2 atom stereocenters. The summed E-state index contributed by atoms with van der Waals surface area (Å²) in [5.41, 5.74) is 0. The van der Waals surface area contributed by atoms with Gasteiger partial charge in [0.15, 0.2) is 5.82 Å². The first-order valence-corrected chi connectivity index (χ1v) is 9.42. The fraction of sp³-hybridized carbons (Fsp3) is 0.800. The van der Waals surface area contributed by atoms with Gasteiger partial charge in [-0.2, -0.15) is 16.7 Å². The zero-order valence-corrected chi connectivity index (χ0v) is 14.6. The quantitative estimate of drug-likeness (QED) is 0.864. The number of carbonyl (C=O) groups is 1. The molecule has 0 saturated carbocycles. The highest BCUT2D eigenvalue weighted by Crippen LogP contribution is 2.20. The van der Waals surface area contributed by atoms with Crippen LogP contribution in [0.2, 0.25) is 0 Å². The molecule has 2 aliphatic rings. The Morgan fingerprint density at radius 1 is 1.43 bits per heavy atom. The molecule has 1 N–H and O–H groups in total. The third-order valence-corrected chi connectivity index (χ3v) is 5.67. The summed E-state index contributed by atoms with van der Waals surface area (Å²) in [5, 5.41) is 7.29. The molecule has 23 heavy (non-hydrogen) atoms. The summed E-state index contributed by atoms with van der Waals surface area (Å²) in [6, 6.07) is 0.435. The molecule has 2 saturated heterocycles. The van der Waals surface area contributed by atoms with Gasteiger partial charge in [0.2, 0.25) is 11.8 Å². The summed E-state index contributed by atoms with van der Waals surface area (Å²) in [7, 11) is 0. The maximum atomic E-state index is 12.4. The largest absolute Gasteiger partial charge is 0.340 e. The number of rotatable bonds is 4. The molecule has 0 spiro atoms. The van der Waals surface area contributed by atoms with Gasteiger partial charge in [-0.05, 0) is 13.8 Å². The minimum Gasteiger partial charge on any atom is -0.340 e. The molecule has 0 radical (unpaired) electrons. The average molecular weight is 339 g/mol. The molecule has 2 fully saturated rings. The monoisotopic (exact) mass is 339 g/mol. The Balaban J connectivity index is 1.46. The second kappa shape index (κ2) is 7.63. The summed E-state index contributed by atoms with van der Waals surface area (Å²) >= 11 is 1.93. The number of piperazine rings is 1. The number of hydrogen-bond acceptors (Lipinski definition) is 7. The van der Waals surface area contributed by atoms with Crippen molar-refractivity contribution in [3.8, 4) is 0 Å². The highest BCUT2D eigenvalue weighted by atomic mass is 32.2. The lowest BCUT2D eigenvalue weighted by Crippen LogP contribution is -2.51. The summed E-state index contributed by atoms with van der Waals surface area (Å²) in [6.07, 6.45) is 0.616. The van der Waals surface area contributed by atoms with Gasteiger partial charge in [-0.25, -0.2) is 0 Å². The first-order chi connectivity index (χ1) is 11.1. The number of aromatic nitrogens is 2. The zero-order valence-electron chi connectivity index (χ0n) is 13.8. The Kier molecular flexibility index (Phi) is 5.55. The molecular formula is C15H25N5O2S. The molecule has 2 aliphatic heterocycles. The molecule has 3 rings (SSSR count). The van der Waals surface area contributed by atoms with Crippen molar-refractivity contribution in [1.82, 2.24) is 25.3 Å². The average Bonchev–Trinajstić information content (AvgIpc) is 3.02. The lowest BCUT2D eigenvalue weighted by Gasteiger charge is -2.37. The first-order valence-electron chi connectivity index (χ1n) is 8.26. The molecule has 128 valence electrons. The van der Waals surface area contributed by atoms with Gasteiger partial charge in [-0.3, -0.25) is 9.69 Å². The smallest absolute Gasteiger partial charge is 0.243 e. The molecule has 2 unspecified atom stereocenters. The van der Waals surface area contributed by atoms with Crippen LogP contribution in [0.5, 0.6) is 0 Å². The van der Waals surface area contributed by atoms with Crippen LogP contribution in [0, 0.1) is 6.92 Å². The minimum absolute atomic E-state index is 0.102. The van der Waals surface area contributed by atoms with E-state index < -0.39 is 0 Å². The van der Waals surface area contributed by atoms with E-state index in [0.717, 1.165) is 44.2 Å². The Bertz CT molecular complexity index is 524. The summed E-state index contributed by atoms with van der Waals surface area (Å²) < 4.78 is 5.26. The topological polar surface area (TPSA) is 74.5 Å². The van der Waals surface area contributed by atoms with Gasteiger partial charge in [0.1, 0.15) is 0 Å². The second-order valence-corrected chi connectivity index (χ2v) is 7.35. The van der Waals surface area contributed by atoms with Crippen LogP contribution in [0.25, 0.3) is 0 Å². The Hall–Kier alpha value is -1.12. The molecule has 1 amide bonds. The van der Waals surface area contributed by atoms with E-state index in [2.05, 4.69) is 27.3 Å². The number of nitrogens with zero attached hydrogens (tertiary/aromatic N) is 4. The van der Waals surface area contributed by atoms with E-state index >= 15 is 0 Å². The van der Waals surface area contributed by atoms with E-state index in [-0.39, 0.29) is 11.9 Å². The predicted octanol–water partition coefficient (Wildman–Crippen LogP) is 0.678. The summed E-state index contributed by atoms with van der Waals surface area (Å²) in [4.78, 5) is 21.0. The van der Waals surface area contributed by atoms with Crippen molar-refractivity contribution < 1.29 is 9.32 Å². The van der Waals surface area contributed by atoms with Gasteiger partial charge in [0.25, 0.3) is 0 Å². The number of carbonyl (C=O) groups excluding carboxylic acids is 1. The number of amides is 1. The standard InChI is InChI=1S/C15H25N5O2S/c1-11(15-17-12(2)18-22-15)19-4-6-20(7-5-19)14(21)9-13-10-23-8-3-16-13/h11,13,16H,3-10H2,1-2H3. The van der Waals surface area contributed by atoms with E-state index in [1.807, 2.05) is 23.6 Å². The fourth-order valence-corrected chi connectivity index (χ4v) is 4.04. The van der Waals surface area contributed by atoms with Crippen molar-refractivity contribution in [2.24, 2.45) is 0 Å². The van der Waals surface area contributed by atoms with E-state index in [1.165, 1.54) is 0 Å². The second-order valence-electron chi connectivity index (χ2n) is 6.20. The van der Waals surface area contributed by atoms with Gasteiger partial charge in [-0.15, -0.1) is 0 Å². The molecule has 3 heterocycles. The molecule has 1 aromatic rings. The van der Waals surface area contributed by atoms with Crippen LogP contribution in [0.1, 0.15) is 31.1 Å². The lowest BCUT2D eigenvalue weighted by molar-refractivity contribution is -0.133. The molecule has 1 aromatic heterocycles. The predicted molar refractivity (Wildman–Crippen MR) is 89.3 cm³/mol. The Morgan fingerprint density at radius 2 is 2.22 bits per heavy atom. The van der Waals surface area contributed by atoms with Gasteiger partial charge in [0.05, 0.1) is 6.04 Å². The van der Waals surface area contributed by atoms with E-state index in [4.69, 9.17) is 4.52 Å². The van der Waals surface area contributed by atoms with Crippen molar-refractivity contribution in [3.63, 3.8) is 0 Å². The van der Waals surface area contributed by atoms with E-state index in [0.29, 0.717) is 24.2 Å². The van der Waals surface area contributed by atoms with Crippen LogP contribution in [-0.4, -0.2) is 76.1 Å². The molecule has 0 aliphatic carbocycles. The summed E-state index contributed by atoms with van der Waals surface area (Å²) in [5.74, 6) is 3.78. The number of nitrogens with one attached hydrogen (secondary N) is 1. The third-order valence-electron chi connectivity index (χ3n) is 4.53. The SMILES string of the molecule is Cc1noc(C(C)N2CCN(C(=O)CC3CSCCN3)CC2)n1. The van der Waals surface area contributed by atoms with Crippen molar-refractivity contribution in [3.05, 3.63) is 11.7 Å². The van der Waals surface area contributed by atoms with Gasteiger partial charge >= 0.3 is 0 Å². The lowest BCUT2D eigenvalue weighted by atomic mass is 10.1. The van der Waals surface area contributed by atoms with Gasteiger partial charge < -0.3 is 14.7 Å². The van der Waals surface area contributed by atoms with Crippen LogP contribution >= 0.6 is 11.8 Å². The Labute approximate surface area is 141 Å². The van der Waals surface area contributed by atoms with Crippen molar-refractivity contribution in [2.75, 3.05) is 44.2 Å². The van der Waals surface area contributed by atoms with Gasteiger partial charge in [0, 0.05) is 56.7 Å². The van der Waals surface area contributed by atoms with Crippen LogP contribution < -0.4 is 5.32 Å². The molecule has 0 bridgehead atoms. The number of aryl methyl sites for hydroxylation is 1. The van der Waals surface area contributed by atoms with Gasteiger partial charge in [-0.1, -0.05) is 5.16 Å². The highest BCUT2D eigenvalue weighted by molar-refractivity contribution is 7.99. The fourth-order valence-electron chi connectivity index (χ4n) is 3.09. The van der Waals surface area contributed by atoms with Crippen LogP contribution in [-0.2, 0) is 4.79 Å². The minimum atomic E-state index is 0.102. The molecular weight excluding hydrogens is 314 g/mol. The van der Waals surface area contributed by atoms with E-state index in [9.17, 15) is 4.79 Å². The van der Waals surface area contributed by atoms with Crippen molar-refractivity contribution >= 4 is 17.7 Å². The number of hydrogen-bond donors (Lipinski definition) is 1. The summed E-state index contributed by atoms with van der Waals surface area (Å²) in [6.45, 7) is 8.16. The van der Waals surface area contributed by atoms with Crippen LogP contribution in [0.3, 0.4) is 0 Å². The zero-order chi connectivity index (χ0) is 16.2. The molecule has 8 heteroatoms. The highest BCUT2D eigenvalue weighted by Gasteiger charge is 2.28. The third kappa shape index (κ3) is 4.24. The Morgan fingerprint density at radius 3 is 2.83 bits per heavy atom.